The average molecular weight is 345 g/mol. The van der Waals surface area contributed by atoms with E-state index < -0.39 is 0 Å². The van der Waals surface area contributed by atoms with E-state index in [-0.39, 0.29) is 5.91 Å². The molecule has 126 valence electrons. The van der Waals surface area contributed by atoms with E-state index in [0.29, 0.717) is 17.1 Å². The second-order valence-electron chi connectivity index (χ2n) is 5.75. The summed E-state index contributed by atoms with van der Waals surface area (Å²) in [7, 11) is 0. The highest BCUT2D eigenvalue weighted by molar-refractivity contribution is 6.33. The van der Waals surface area contributed by atoms with Gasteiger partial charge in [-0.15, -0.1) is 0 Å². The van der Waals surface area contributed by atoms with Gasteiger partial charge < -0.3 is 15.0 Å². The highest BCUT2D eigenvalue weighted by Gasteiger charge is 2.11. The summed E-state index contributed by atoms with van der Waals surface area (Å²) in [6.45, 7) is 4.03. The Bertz CT molecular complexity index is 682. The Hall–Kier alpha value is -2.04. The number of ether oxygens (including phenoxy) is 1. The van der Waals surface area contributed by atoms with Crippen LogP contribution in [0, 0.1) is 0 Å². The largest absolute Gasteiger partial charge is 0.378 e. The summed E-state index contributed by atoms with van der Waals surface area (Å²) in [5.74, 6) is -0.134. The Morgan fingerprint density at radius 3 is 2.50 bits per heavy atom. The third kappa shape index (κ3) is 4.28. The van der Waals surface area contributed by atoms with Gasteiger partial charge in [-0.05, 0) is 36.2 Å². The predicted octanol–water partition coefficient (Wildman–Crippen LogP) is 3.15. The highest BCUT2D eigenvalue weighted by atomic mass is 35.5. The Kier molecular flexibility index (Phi) is 5.72. The molecule has 0 saturated carbocycles. The topological polar surface area (TPSA) is 41.6 Å². The number of hydrogen-bond acceptors (Lipinski definition) is 3. The van der Waals surface area contributed by atoms with E-state index in [9.17, 15) is 4.79 Å². The maximum absolute atomic E-state index is 12.1. The number of amides is 1. The lowest BCUT2D eigenvalue weighted by Crippen LogP contribution is -2.36. The van der Waals surface area contributed by atoms with Crippen molar-refractivity contribution in [3.63, 3.8) is 0 Å². The summed E-state index contributed by atoms with van der Waals surface area (Å²) in [4.78, 5) is 14.4. The van der Waals surface area contributed by atoms with Crippen LogP contribution in [0.25, 0.3) is 0 Å². The number of nitrogens with one attached hydrogen (secondary N) is 1. The number of halogens is 1. The summed E-state index contributed by atoms with van der Waals surface area (Å²) in [5.41, 5.74) is 2.94. The van der Waals surface area contributed by atoms with E-state index >= 15 is 0 Å². The molecule has 4 nitrogen and oxygen atoms in total. The zero-order chi connectivity index (χ0) is 16.8. The number of morpholine rings is 1. The first-order valence-corrected chi connectivity index (χ1v) is 8.56. The fourth-order valence-corrected chi connectivity index (χ4v) is 2.98. The molecule has 0 atom stereocenters. The summed E-state index contributed by atoms with van der Waals surface area (Å²) >= 11 is 6.03. The Balaban J connectivity index is 1.50. The number of nitrogens with zero attached hydrogens (tertiary/aromatic N) is 1. The predicted molar refractivity (Wildman–Crippen MR) is 97.0 cm³/mol. The normalized spacial score (nSPS) is 14.5. The molecule has 1 aliphatic rings. The molecule has 0 aromatic heterocycles. The second kappa shape index (κ2) is 8.18. The molecule has 1 aliphatic heterocycles. The highest BCUT2D eigenvalue weighted by Crippen LogP contribution is 2.17. The van der Waals surface area contributed by atoms with Crippen LogP contribution in [0.4, 0.5) is 5.69 Å². The van der Waals surface area contributed by atoms with Gasteiger partial charge in [0.1, 0.15) is 0 Å². The van der Waals surface area contributed by atoms with E-state index in [2.05, 4.69) is 34.5 Å². The summed E-state index contributed by atoms with van der Waals surface area (Å²) < 4.78 is 5.37. The Labute approximate surface area is 147 Å². The number of rotatable bonds is 5. The molecule has 2 aromatic rings. The molecule has 24 heavy (non-hydrogen) atoms. The molecule has 1 fully saturated rings. The van der Waals surface area contributed by atoms with Gasteiger partial charge in [-0.25, -0.2) is 0 Å². The van der Waals surface area contributed by atoms with Crippen molar-refractivity contribution in [2.24, 2.45) is 0 Å². The van der Waals surface area contributed by atoms with Crippen LogP contribution in [-0.2, 0) is 11.2 Å². The van der Waals surface area contributed by atoms with Crippen LogP contribution in [0.3, 0.4) is 0 Å². The van der Waals surface area contributed by atoms with Crippen molar-refractivity contribution >= 4 is 23.2 Å². The molecule has 0 unspecified atom stereocenters. The van der Waals surface area contributed by atoms with Crippen LogP contribution in [0.1, 0.15) is 15.9 Å². The Morgan fingerprint density at radius 2 is 1.79 bits per heavy atom. The van der Waals surface area contributed by atoms with E-state index in [1.165, 1.54) is 11.3 Å². The molecule has 0 aliphatic carbocycles. The van der Waals surface area contributed by atoms with Gasteiger partial charge in [0.25, 0.3) is 5.91 Å². The molecule has 1 heterocycles. The van der Waals surface area contributed by atoms with Crippen LogP contribution in [-0.4, -0.2) is 38.8 Å². The fraction of sp³-hybridized carbons (Fsp3) is 0.316. The van der Waals surface area contributed by atoms with Crippen molar-refractivity contribution in [3.05, 3.63) is 64.7 Å². The molecule has 1 amide bonds. The van der Waals surface area contributed by atoms with Crippen LogP contribution >= 0.6 is 11.6 Å². The number of carbonyl (C=O) groups excluding carboxylic acids is 1. The molecule has 5 heteroatoms. The van der Waals surface area contributed by atoms with Gasteiger partial charge in [0.2, 0.25) is 0 Å². The lowest BCUT2D eigenvalue weighted by Gasteiger charge is -2.28. The van der Waals surface area contributed by atoms with Crippen molar-refractivity contribution in [1.29, 1.82) is 0 Å². The van der Waals surface area contributed by atoms with E-state index in [1.807, 2.05) is 12.1 Å². The molecular formula is C19H21ClN2O2. The van der Waals surface area contributed by atoms with Gasteiger partial charge in [0.05, 0.1) is 23.8 Å². The molecule has 0 spiro atoms. The van der Waals surface area contributed by atoms with Crippen LogP contribution in [0.5, 0.6) is 0 Å². The van der Waals surface area contributed by atoms with Crippen LogP contribution in [0.15, 0.2) is 48.5 Å². The van der Waals surface area contributed by atoms with Crippen molar-refractivity contribution < 1.29 is 9.53 Å². The van der Waals surface area contributed by atoms with Gasteiger partial charge in [-0.2, -0.15) is 0 Å². The average Bonchev–Trinajstić information content (AvgIpc) is 2.63. The molecule has 2 aromatic carbocycles. The number of hydrogen-bond donors (Lipinski definition) is 1. The minimum atomic E-state index is -0.134. The summed E-state index contributed by atoms with van der Waals surface area (Å²) in [6, 6.07) is 15.6. The van der Waals surface area contributed by atoms with Crippen molar-refractivity contribution in [2.75, 3.05) is 37.7 Å². The van der Waals surface area contributed by atoms with Crippen molar-refractivity contribution in [3.8, 4) is 0 Å². The maximum atomic E-state index is 12.1. The van der Waals surface area contributed by atoms with Crippen molar-refractivity contribution in [1.82, 2.24) is 5.32 Å². The number of carbonyl (C=O) groups is 1. The zero-order valence-corrected chi connectivity index (χ0v) is 14.3. The quantitative estimate of drug-likeness (QED) is 0.906. The van der Waals surface area contributed by atoms with E-state index in [1.54, 1.807) is 12.1 Å². The van der Waals surface area contributed by atoms with E-state index in [4.69, 9.17) is 16.3 Å². The first kappa shape index (κ1) is 16.8. The summed E-state index contributed by atoms with van der Waals surface area (Å²) in [6.07, 6.45) is 0.791. The zero-order valence-electron chi connectivity index (χ0n) is 13.5. The minimum absolute atomic E-state index is 0.134. The molecule has 0 bridgehead atoms. The lowest BCUT2D eigenvalue weighted by atomic mass is 10.1. The number of benzene rings is 2. The number of anilines is 1. The van der Waals surface area contributed by atoms with Gasteiger partial charge in [0.15, 0.2) is 0 Å². The molecular weight excluding hydrogens is 324 g/mol. The monoisotopic (exact) mass is 344 g/mol. The van der Waals surface area contributed by atoms with Gasteiger partial charge in [-0.3, -0.25) is 4.79 Å². The minimum Gasteiger partial charge on any atom is -0.378 e. The standard InChI is InChI=1S/C19H21ClN2O2/c20-18-4-2-1-3-17(18)19(23)21-10-9-15-5-7-16(8-6-15)22-11-13-24-14-12-22/h1-8H,9-14H2,(H,21,23). The molecule has 0 radical (unpaired) electrons. The van der Waals surface area contributed by atoms with Crippen molar-refractivity contribution in [2.45, 2.75) is 6.42 Å². The third-order valence-electron chi connectivity index (χ3n) is 4.13. The van der Waals surface area contributed by atoms with Gasteiger partial charge in [-0.1, -0.05) is 35.9 Å². The smallest absolute Gasteiger partial charge is 0.252 e. The SMILES string of the molecule is O=C(NCCc1ccc(N2CCOCC2)cc1)c1ccccc1Cl. The molecule has 3 rings (SSSR count). The first-order valence-electron chi connectivity index (χ1n) is 8.18. The second-order valence-corrected chi connectivity index (χ2v) is 6.16. The third-order valence-corrected chi connectivity index (χ3v) is 4.46. The Morgan fingerprint density at radius 1 is 1.08 bits per heavy atom. The fourth-order valence-electron chi connectivity index (χ4n) is 2.76. The molecule has 1 saturated heterocycles. The maximum Gasteiger partial charge on any atom is 0.252 e. The van der Waals surface area contributed by atoms with Crippen LogP contribution < -0.4 is 10.2 Å². The first-order chi connectivity index (χ1) is 11.7. The molecule has 1 N–H and O–H groups in total. The van der Waals surface area contributed by atoms with Crippen LogP contribution in [0.2, 0.25) is 5.02 Å². The summed E-state index contributed by atoms with van der Waals surface area (Å²) in [5, 5.41) is 3.39. The van der Waals surface area contributed by atoms with E-state index in [0.717, 1.165) is 32.7 Å². The van der Waals surface area contributed by atoms with Gasteiger partial charge in [0, 0.05) is 25.3 Å². The van der Waals surface area contributed by atoms with Gasteiger partial charge >= 0.3 is 0 Å². The lowest BCUT2D eigenvalue weighted by molar-refractivity contribution is 0.0954.